The zero-order valence-electron chi connectivity index (χ0n) is 13.1. The van der Waals surface area contributed by atoms with Crippen molar-refractivity contribution < 1.29 is 18.7 Å². The lowest BCUT2D eigenvalue weighted by atomic mass is 10.1. The fourth-order valence-electron chi connectivity index (χ4n) is 2.19. The third kappa shape index (κ3) is 4.75. The average Bonchev–Trinajstić information content (AvgIpc) is 2.57. The molecule has 0 aliphatic carbocycles. The number of esters is 1. The summed E-state index contributed by atoms with van der Waals surface area (Å²) in [6.07, 6.45) is 3.29. The van der Waals surface area contributed by atoms with E-state index >= 15 is 0 Å². The number of hydrogen-bond donors (Lipinski definition) is 0. The number of pyridine rings is 1. The van der Waals surface area contributed by atoms with Gasteiger partial charge in [-0.05, 0) is 42.9 Å². The molecule has 122 valence electrons. The van der Waals surface area contributed by atoms with Crippen molar-refractivity contribution in [3.05, 3.63) is 60.2 Å². The molecule has 0 bridgehead atoms. The minimum atomic E-state index is -0.550. The molecule has 1 heterocycles. The van der Waals surface area contributed by atoms with Gasteiger partial charge in [-0.1, -0.05) is 6.07 Å². The maximum atomic E-state index is 12.8. The second kappa shape index (κ2) is 8.24. The maximum absolute atomic E-state index is 12.8. The fraction of sp³-hybridized carbons (Fsp3) is 0.294. The van der Waals surface area contributed by atoms with Gasteiger partial charge in [-0.25, -0.2) is 9.18 Å². The zero-order chi connectivity index (χ0) is 16.7. The Bertz CT molecular complexity index is 619. The Morgan fingerprint density at radius 2 is 2.04 bits per heavy atom. The lowest BCUT2D eigenvalue weighted by Crippen LogP contribution is -2.34. The Morgan fingerprint density at radius 1 is 1.30 bits per heavy atom. The Kier molecular flexibility index (Phi) is 6.05. The molecule has 5 nitrogen and oxygen atoms in total. The summed E-state index contributed by atoms with van der Waals surface area (Å²) in [5.41, 5.74) is 0.753. The van der Waals surface area contributed by atoms with Crippen LogP contribution in [0.15, 0.2) is 48.8 Å². The van der Waals surface area contributed by atoms with Crippen LogP contribution in [0.4, 0.5) is 4.39 Å². The van der Waals surface area contributed by atoms with Crippen LogP contribution in [0.25, 0.3) is 0 Å². The normalized spacial score (nSPS) is 12.0. The molecule has 1 aromatic heterocycles. The molecule has 6 heteroatoms. The summed E-state index contributed by atoms with van der Waals surface area (Å²) in [6, 6.07) is 8.85. The van der Waals surface area contributed by atoms with E-state index in [2.05, 4.69) is 4.98 Å². The summed E-state index contributed by atoms with van der Waals surface area (Å²) >= 11 is 0. The number of ether oxygens (including phenoxy) is 2. The summed E-state index contributed by atoms with van der Waals surface area (Å²) in [5.74, 6) is -0.0881. The minimum absolute atomic E-state index is 0.309. The van der Waals surface area contributed by atoms with Gasteiger partial charge in [-0.3, -0.25) is 9.88 Å². The van der Waals surface area contributed by atoms with Crippen LogP contribution in [0.3, 0.4) is 0 Å². The highest BCUT2D eigenvalue weighted by atomic mass is 19.1. The highest BCUT2D eigenvalue weighted by molar-refractivity contribution is 5.77. The van der Waals surface area contributed by atoms with Crippen molar-refractivity contribution in [1.29, 1.82) is 0 Å². The summed E-state index contributed by atoms with van der Waals surface area (Å²) in [5, 5.41) is 0. The van der Waals surface area contributed by atoms with Gasteiger partial charge >= 0.3 is 5.97 Å². The van der Waals surface area contributed by atoms with Gasteiger partial charge < -0.3 is 9.47 Å². The Hall–Kier alpha value is -2.47. The average molecular weight is 318 g/mol. The summed E-state index contributed by atoms with van der Waals surface area (Å²) in [4.78, 5) is 17.9. The number of aromatic nitrogens is 1. The standard InChI is InChI=1S/C17H19FN2O3/c1-20(10-11-23-15-7-5-14(18)6-8-15)16(17(21)22-2)13-4-3-9-19-12-13/h3-9,12,16H,10-11H2,1-2H3/t16-/m0/s1. The number of carbonyl (C=O) groups excluding carboxylic acids is 1. The van der Waals surface area contributed by atoms with Gasteiger partial charge in [0, 0.05) is 18.9 Å². The first kappa shape index (κ1) is 16.9. The van der Waals surface area contributed by atoms with Gasteiger partial charge in [0.25, 0.3) is 0 Å². The first-order valence-electron chi connectivity index (χ1n) is 7.18. The maximum Gasteiger partial charge on any atom is 0.327 e. The summed E-state index contributed by atoms with van der Waals surface area (Å²) < 4.78 is 23.3. The van der Waals surface area contributed by atoms with Crippen LogP contribution in [0.2, 0.25) is 0 Å². The number of hydrogen-bond acceptors (Lipinski definition) is 5. The molecule has 0 radical (unpaired) electrons. The summed E-state index contributed by atoms with van der Waals surface area (Å²) in [6.45, 7) is 0.849. The molecule has 0 spiro atoms. The van der Waals surface area contributed by atoms with Crippen molar-refractivity contribution in [1.82, 2.24) is 9.88 Å². The topological polar surface area (TPSA) is 51.7 Å². The van der Waals surface area contributed by atoms with Crippen LogP contribution in [0, 0.1) is 5.82 Å². The number of halogens is 1. The number of methoxy groups -OCH3 is 1. The number of likely N-dealkylation sites (N-methyl/N-ethyl adjacent to an activating group) is 1. The minimum Gasteiger partial charge on any atom is -0.492 e. The van der Waals surface area contributed by atoms with E-state index in [1.807, 2.05) is 18.0 Å². The Morgan fingerprint density at radius 3 is 2.65 bits per heavy atom. The molecule has 0 saturated carbocycles. The van der Waals surface area contributed by atoms with E-state index in [4.69, 9.17) is 9.47 Å². The lowest BCUT2D eigenvalue weighted by molar-refractivity contribution is -0.146. The molecule has 0 aliphatic rings. The van der Waals surface area contributed by atoms with Crippen LogP contribution in [0.5, 0.6) is 5.75 Å². The lowest BCUT2D eigenvalue weighted by Gasteiger charge is -2.25. The third-order valence-corrected chi connectivity index (χ3v) is 3.39. The molecule has 1 aromatic carbocycles. The summed E-state index contributed by atoms with van der Waals surface area (Å²) in [7, 11) is 3.16. The molecule has 0 aliphatic heterocycles. The molecule has 0 fully saturated rings. The van der Waals surface area contributed by atoms with E-state index in [0.29, 0.717) is 18.9 Å². The number of carbonyl (C=O) groups is 1. The second-order valence-electron chi connectivity index (χ2n) is 5.00. The van der Waals surface area contributed by atoms with Crippen LogP contribution < -0.4 is 4.74 Å². The predicted octanol–water partition coefficient (Wildman–Crippen LogP) is 2.45. The van der Waals surface area contributed by atoms with E-state index in [0.717, 1.165) is 5.56 Å². The van der Waals surface area contributed by atoms with Crippen molar-refractivity contribution in [3.8, 4) is 5.75 Å². The van der Waals surface area contributed by atoms with Crippen LogP contribution in [-0.2, 0) is 9.53 Å². The van der Waals surface area contributed by atoms with E-state index in [-0.39, 0.29) is 11.8 Å². The fourth-order valence-corrected chi connectivity index (χ4v) is 2.19. The van der Waals surface area contributed by atoms with Gasteiger partial charge in [0.2, 0.25) is 0 Å². The zero-order valence-corrected chi connectivity index (χ0v) is 13.1. The van der Waals surface area contributed by atoms with Gasteiger partial charge in [0.05, 0.1) is 7.11 Å². The first-order chi connectivity index (χ1) is 11.1. The van der Waals surface area contributed by atoms with Crippen LogP contribution in [-0.4, -0.2) is 43.2 Å². The number of rotatable bonds is 7. The first-order valence-corrected chi connectivity index (χ1v) is 7.18. The molecule has 2 rings (SSSR count). The second-order valence-corrected chi connectivity index (χ2v) is 5.00. The molecule has 23 heavy (non-hydrogen) atoms. The Balaban J connectivity index is 1.96. The molecule has 0 N–H and O–H groups in total. The molecule has 0 saturated heterocycles. The van der Waals surface area contributed by atoms with E-state index < -0.39 is 6.04 Å². The van der Waals surface area contributed by atoms with E-state index in [9.17, 15) is 9.18 Å². The molecule has 0 amide bonds. The van der Waals surface area contributed by atoms with Gasteiger partial charge in [-0.15, -0.1) is 0 Å². The third-order valence-electron chi connectivity index (χ3n) is 3.39. The molecule has 2 aromatic rings. The van der Waals surface area contributed by atoms with Crippen molar-refractivity contribution in [2.45, 2.75) is 6.04 Å². The van der Waals surface area contributed by atoms with Gasteiger partial charge in [-0.2, -0.15) is 0 Å². The molecular formula is C17H19FN2O3. The highest BCUT2D eigenvalue weighted by Gasteiger charge is 2.26. The van der Waals surface area contributed by atoms with E-state index in [1.165, 1.54) is 19.2 Å². The molecular weight excluding hydrogens is 299 g/mol. The molecule has 0 unspecified atom stereocenters. The number of benzene rings is 1. The monoisotopic (exact) mass is 318 g/mol. The molecule has 1 atom stereocenters. The van der Waals surface area contributed by atoms with Gasteiger partial charge in [0.1, 0.15) is 24.2 Å². The van der Waals surface area contributed by atoms with Crippen molar-refractivity contribution in [2.24, 2.45) is 0 Å². The van der Waals surface area contributed by atoms with Crippen LogP contribution >= 0.6 is 0 Å². The van der Waals surface area contributed by atoms with Crippen LogP contribution in [0.1, 0.15) is 11.6 Å². The highest BCUT2D eigenvalue weighted by Crippen LogP contribution is 2.20. The largest absolute Gasteiger partial charge is 0.492 e. The van der Waals surface area contributed by atoms with Crippen molar-refractivity contribution in [2.75, 3.05) is 27.3 Å². The quantitative estimate of drug-likeness (QED) is 0.734. The van der Waals surface area contributed by atoms with E-state index in [1.54, 1.807) is 30.6 Å². The predicted molar refractivity (Wildman–Crippen MR) is 83.5 cm³/mol. The Labute approximate surface area is 134 Å². The van der Waals surface area contributed by atoms with Crippen molar-refractivity contribution >= 4 is 5.97 Å². The smallest absolute Gasteiger partial charge is 0.327 e. The number of nitrogens with zero attached hydrogens (tertiary/aromatic N) is 2. The van der Waals surface area contributed by atoms with Crippen molar-refractivity contribution in [3.63, 3.8) is 0 Å². The van der Waals surface area contributed by atoms with Gasteiger partial charge in [0.15, 0.2) is 0 Å². The SMILES string of the molecule is COC(=O)[C@H](c1cccnc1)N(C)CCOc1ccc(F)cc1.